The monoisotopic (exact) mass is 576 g/mol. The number of primary amides is 2. The second kappa shape index (κ2) is 13.5. The first-order valence-corrected chi connectivity index (χ1v) is 13.9. The molecule has 1 aliphatic heterocycles. The number of fused-ring (bicyclic) bond motifs is 1. The number of carbonyl (C=O) groups excluding carboxylic acids is 4. The zero-order valence-electron chi connectivity index (χ0n) is 23.1. The highest BCUT2D eigenvalue weighted by molar-refractivity contribution is 5.99. The Morgan fingerprint density at radius 3 is 2.40 bits per heavy atom. The Balaban J connectivity index is 1.54. The summed E-state index contributed by atoms with van der Waals surface area (Å²) in [7, 11) is 0. The van der Waals surface area contributed by atoms with Crippen LogP contribution in [0.1, 0.15) is 41.7 Å². The topological polar surface area (TPSA) is 201 Å². The Kier molecular flexibility index (Phi) is 9.84. The maximum atomic E-state index is 13.7. The molecule has 0 radical (unpaired) electrons. The lowest BCUT2D eigenvalue weighted by molar-refractivity contribution is -0.904. The number of benzene rings is 2. The van der Waals surface area contributed by atoms with Gasteiger partial charge in [-0.2, -0.15) is 0 Å². The number of aliphatic hydroxyl groups excluding tert-OH is 1. The van der Waals surface area contributed by atoms with Crippen LogP contribution in [0.3, 0.4) is 0 Å². The predicted molar refractivity (Wildman–Crippen MR) is 155 cm³/mol. The van der Waals surface area contributed by atoms with Gasteiger partial charge in [0, 0.05) is 11.8 Å². The van der Waals surface area contributed by atoms with Crippen LogP contribution in [0, 0.1) is 5.21 Å². The Morgan fingerprint density at radius 1 is 0.976 bits per heavy atom. The van der Waals surface area contributed by atoms with Crippen molar-refractivity contribution in [2.24, 2.45) is 11.5 Å². The van der Waals surface area contributed by atoms with Crippen LogP contribution in [0.25, 0.3) is 10.9 Å². The molecule has 2 aromatic carbocycles. The van der Waals surface area contributed by atoms with E-state index < -0.39 is 58.9 Å². The SMILES string of the molecule is NC(=O)C[C@H](NC(=O)c1ccc2ccccc2n1)C(=O)NC(Cc1ccccc1)C(O)C[N+]1([O-])CCCCC1C(N)=O. The molecular weight excluding hydrogens is 540 g/mol. The second-order valence-electron chi connectivity index (χ2n) is 10.7. The number of likely N-dealkylation sites (tertiary alicyclic amines) is 1. The van der Waals surface area contributed by atoms with Crippen LogP contribution in [0.2, 0.25) is 0 Å². The summed E-state index contributed by atoms with van der Waals surface area (Å²) in [6.45, 7) is -0.269. The second-order valence-corrected chi connectivity index (χ2v) is 10.7. The fraction of sp³-hybridized carbons (Fsp3) is 0.367. The zero-order valence-corrected chi connectivity index (χ0v) is 23.1. The average molecular weight is 577 g/mol. The number of pyridine rings is 1. The van der Waals surface area contributed by atoms with Crippen molar-refractivity contribution in [3.63, 3.8) is 0 Å². The first-order valence-electron chi connectivity index (χ1n) is 13.9. The highest BCUT2D eigenvalue weighted by atomic mass is 16.6. The van der Waals surface area contributed by atoms with Crippen LogP contribution in [0.4, 0.5) is 0 Å². The molecule has 0 aliphatic carbocycles. The van der Waals surface area contributed by atoms with Gasteiger partial charge in [-0.15, -0.1) is 0 Å². The fourth-order valence-corrected chi connectivity index (χ4v) is 5.41. The molecule has 5 atom stereocenters. The van der Waals surface area contributed by atoms with Gasteiger partial charge in [-0.3, -0.25) is 19.2 Å². The smallest absolute Gasteiger partial charge is 0.276 e. The van der Waals surface area contributed by atoms with Crippen molar-refractivity contribution in [1.82, 2.24) is 15.6 Å². The molecule has 4 unspecified atom stereocenters. The predicted octanol–water partition coefficient (Wildman–Crippen LogP) is 0.649. The number of amides is 4. The number of piperidine rings is 1. The third-order valence-electron chi connectivity index (χ3n) is 7.61. The number of rotatable bonds is 12. The van der Waals surface area contributed by atoms with Crippen LogP contribution >= 0.6 is 0 Å². The van der Waals surface area contributed by atoms with Crippen molar-refractivity contribution in [3.8, 4) is 0 Å². The number of nitrogens with one attached hydrogen (secondary N) is 2. The normalized spacial score (nSPS) is 20.7. The summed E-state index contributed by atoms with van der Waals surface area (Å²) >= 11 is 0. The largest absolute Gasteiger partial charge is 0.632 e. The number of nitrogens with two attached hydrogens (primary N) is 2. The van der Waals surface area contributed by atoms with E-state index in [0.29, 0.717) is 24.8 Å². The molecule has 1 saturated heterocycles. The minimum absolute atomic E-state index is 0.0391. The molecule has 4 rings (SSSR count). The Hall–Kier alpha value is -4.39. The van der Waals surface area contributed by atoms with Gasteiger partial charge in [0.05, 0.1) is 24.5 Å². The quantitative estimate of drug-likeness (QED) is 0.154. The van der Waals surface area contributed by atoms with Gasteiger partial charge in [0.15, 0.2) is 6.04 Å². The molecule has 4 amide bonds. The molecule has 222 valence electrons. The summed E-state index contributed by atoms with van der Waals surface area (Å²) in [6.07, 6.45) is -0.180. The number of hydroxylamine groups is 3. The molecule has 12 heteroatoms. The number of quaternary nitrogens is 1. The standard InChI is InChI=1S/C30H36N6O6/c31-27(38)17-24(35-29(40)22-14-13-20-10-4-5-11-21(20)33-22)30(41)34-23(16-19-8-2-1-3-9-19)26(37)18-36(42)15-7-6-12-25(36)28(32)39/h1-5,8-11,13-14,23-26,37H,6-7,12,15-18H2,(H2,31,38)(H2,32,39)(H,34,41)(H,35,40)/t23?,24-,25?,26?,36?/m0/s1. The lowest BCUT2D eigenvalue weighted by Gasteiger charge is -2.51. The van der Waals surface area contributed by atoms with E-state index in [2.05, 4.69) is 15.6 Å². The van der Waals surface area contributed by atoms with E-state index in [4.69, 9.17) is 11.5 Å². The number of hydrogen-bond donors (Lipinski definition) is 5. The molecule has 42 heavy (non-hydrogen) atoms. The van der Waals surface area contributed by atoms with E-state index in [0.717, 1.165) is 10.9 Å². The highest BCUT2D eigenvalue weighted by Gasteiger charge is 2.40. The number of carbonyl (C=O) groups is 4. The van der Waals surface area contributed by atoms with Crippen molar-refractivity contribution in [2.45, 2.75) is 56.3 Å². The minimum atomic E-state index is -1.38. The first kappa shape index (κ1) is 30.6. The Labute approximate surface area is 243 Å². The molecule has 0 bridgehead atoms. The summed E-state index contributed by atoms with van der Waals surface area (Å²) in [4.78, 5) is 54.8. The molecule has 1 fully saturated rings. The van der Waals surface area contributed by atoms with Gasteiger partial charge in [0.2, 0.25) is 11.8 Å². The van der Waals surface area contributed by atoms with Crippen molar-refractivity contribution < 1.29 is 28.9 Å². The van der Waals surface area contributed by atoms with E-state index in [1.54, 1.807) is 42.5 Å². The zero-order chi connectivity index (χ0) is 30.3. The lowest BCUT2D eigenvalue weighted by Crippen LogP contribution is -2.64. The van der Waals surface area contributed by atoms with Gasteiger partial charge in [-0.05, 0) is 37.0 Å². The summed E-state index contributed by atoms with van der Waals surface area (Å²) in [5, 5.41) is 31.0. The molecule has 3 aromatic rings. The number of hydrogen-bond acceptors (Lipinski definition) is 7. The third-order valence-corrected chi connectivity index (χ3v) is 7.61. The Morgan fingerprint density at radius 2 is 1.69 bits per heavy atom. The van der Waals surface area contributed by atoms with Crippen molar-refractivity contribution in [2.75, 3.05) is 13.1 Å². The van der Waals surface area contributed by atoms with Gasteiger partial charge in [-0.1, -0.05) is 54.6 Å². The van der Waals surface area contributed by atoms with Crippen molar-refractivity contribution >= 4 is 34.5 Å². The minimum Gasteiger partial charge on any atom is -0.632 e. The van der Waals surface area contributed by atoms with Crippen molar-refractivity contribution in [3.05, 3.63) is 83.2 Å². The first-order chi connectivity index (χ1) is 20.1. The number of nitrogens with zero attached hydrogens (tertiary/aromatic N) is 2. The van der Waals surface area contributed by atoms with Gasteiger partial charge in [0.1, 0.15) is 24.4 Å². The molecule has 1 aliphatic rings. The van der Waals surface area contributed by atoms with Crippen LogP contribution in [-0.4, -0.2) is 75.7 Å². The maximum Gasteiger partial charge on any atom is 0.276 e. The van der Waals surface area contributed by atoms with Crippen LogP contribution in [0.5, 0.6) is 0 Å². The van der Waals surface area contributed by atoms with Gasteiger partial charge in [0.25, 0.3) is 11.8 Å². The van der Waals surface area contributed by atoms with E-state index in [-0.39, 0.29) is 25.2 Å². The summed E-state index contributed by atoms with van der Waals surface area (Å²) < 4.78 is -0.993. The fourth-order valence-electron chi connectivity index (χ4n) is 5.41. The molecule has 7 N–H and O–H groups in total. The summed E-state index contributed by atoms with van der Waals surface area (Å²) in [6, 6.07) is 16.1. The third kappa shape index (κ3) is 7.66. The van der Waals surface area contributed by atoms with Crippen LogP contribution in [-0.2, 0) is 20.8 Å². The molecule has 1 aromatic heterocycles. The number of para-hydroxylation sites is 1. The van der Waals surface area contributed by atoms with E-state index in [1.165, 1.54) is 6.07 Å². The summed E-state index contributed by atoms with van der Waals surface area (Å²) in [5.41, 5.74) is 12.3. The van der Waals surface area contributed by atoms with Gasteiger partial charge < -0.3 is 37.1 Å². The van der Waals surface area contributed by atoms with Crippen LogP contribution < -0.4 is 22.1 Å². The van der Waals surface area contributed by atoms with Crippen LogP contribution in [0.15, 0.2) is 66.7 Å². The maximum absolute atomic E-state index is 13.7. The number of aliphatic hydroxyl groups is 1. The van der Waals surface area contributed by atoms with E-state index in [1.807, 2.05) is 18.2 Å². The molecule has 0 spiro atoms. The highest BCUT2D eigenvalue weighted by Crippen LogP contribution is 2.26. The Bertz CT molecular complexity index is 1440. The van der Waals surface area contributed by atoms with E-state index in [9.17, 15) is 29.5 Å². The van der Waals surface area contributed by atoms with E-state index >= 15 is 0 Å². The lowest BCUT2D eigenvalue weighted by atomic mass is 9.96. The molecule has 2 heterocycles. The molecule has 0 saturated carbocycles. The van der Waals surface area contributed by atoms with Gasteiger partial charge in [-0.25, -0.2) is 4.98 Å². The number of aromatic nitrogens is 1. The van der Waals surface area contributed by atoms with Gasteiger partial charge >= 0.3 is 0 Å². The average Bonchev–Trinajstić information content (AvgIpc) is 2.96. The van der Waals surface area contributed by atoms with Crippen molar-refractivity contribution in [1.29, 1.82) is 0 Å². The molecular formula is C30H36N6O6. The summed E-state index contributed by atoms with van der Waals surface area (Å²) in [5.74, 6) is -3.02. The molecule has 12 nitrogen and oxygen atoms in total.